The van der Waals surface area contributed by atoms with Crippen molar-refractivity contribution in [1.82, 2.24) is 5.32 Å². The van der Waals surface area contributed by atoms with Gasteiger partial charge in [0, 0.05) is 11.1 Å². The molecule has 0 bridgehead atoms. The van der Waals surface area contributed by atoms with Crippen LogP contribution in [0.3, 0.4) is 0 Å². The van der Waals surface area contributed by atoms with Crippen molar-refractivity contribution in [2.45, 2.75) is 26.3 Å². The van der Waals surface area contributed by atoms with E-state index in [0.29, 0.717) is 6.04 Å². The zero-order chi connectivity index (χ0) is 9.42. The molecular formula is C11H14ClN. The molecule has 0 amide bonds. The SMILES string of the molecule is Cc1cc([C@H]2CCN2)cc(C)c1Cl. The van der Waals surface area contributed by atoms with Gasteiger partial charge in [0.15, 0.2) is 0 Å². The van der Waals surface area contributed by atoms with E-state index in [1.807, 2.05) is 0 Å². The molecule has 0 unspecified atom stereocenters. The monoisotopic (exact) mass is 195 g/mol. The average molecular weight is 196 g/mol. The number of aryl methyl sites for hydroxylation is 2. The van der Waals surface area contributed by atoms with Gasteiger partial charge in [-0.05, 0) is 43.5 Å². The fraction of sp³-hybridized carbons (Fsp3) is 0.455. The molecule has 0 spiro atoms. The van der Waals surface area contributed by atoms with Gasteiger partial charge in [-0.3, -0.25) is 0 Å². The van der Waals surface area contributed by atoms with Gasteiger partial charge < -0.3 is 5.32 Å². The molecule has 1 aromatic rings. The summed E-state index contributed by atoms with van der Waals surface area (Å²) in [6.45, 7) is 5.28. The van der Waals surface area contributed by atoms with Gasteiger partial charge in [0.05, 0.1) is 0 Å². The quantitative estimate of drug-likeness (QED) is 0.727. The van der Waals surface area contributed by atoms with E-state index in [2.05, 4.69) is 31.3 Å². The van der Waals surface area contributed by atoms with Crippen molar-refractivity contribution in [3.63, 3.8) is 0 Å². The molecule has 2 rings (SSSR count). The van der Waals surface area contributed by atoms with Crippen LogP contribution in [0, 0.1) is 13.8 Å². The van der Waals surface area contributed by atoms with Crippen LogP contribution in [0.2, 0.25) is 5.02 Å². The normalized spacial score (nSPS) is 21.3. The average Bonchev–Trinajstić information content (AvgIpc) is 1.96. The van der Waals surface area contributed by atoms with Gasteiger partial charge in [-0.25, -0.2) is 0 Å². The number of hydrogen-bond acceptors (Lipinski definition) is 1. The summed E-state index contributed by atoms with van der Waals surface area (Å²) in [6.07, 6.45) is 1.25. The predicted octanol–water partition coefficient (Wildman–Crippen LogP) is 2.99. The van der Waals surface area contributed by atoms with Crippen LogP contribution in [0.25, 0.3) is 0 Å². The molecule has 0 aromatic heterocycles. The van der Waals surface area contributed by atoms with Crippen molar-refractivity contribution in [2.24, 2.45) is 0 Å². The Bertz CT molecular complexity index is 306. The molecule has 0 radical (unpaired) electrons. The van der Waals surface area contributed by atoms with Gasteiger partial charge in [-0.15, -0.1) is 0 Å². The van der Waals surface area contributed by atoms with Crippen LogP contribution in [0.5, 0.6) is 0 Å². The van der Waals surface area contributed by atoms with Crippen LogP contribution in [0.4, 0.5) is 0 Å². The van der Waals surface area contributed by atoms with Crippen LogP contribution >= 0.6 is 11.6 Å². The summed E-state index contributed by atoms with van der Waals surface area (Å²) in [4.78, 5) is 0. The largest absolute Gasteiger partial charge is 0.310 e. The summed E-state index contributed by atoms with van der Waals surface area (Å²) >= 11 is 6.10. The first-order chi connectivity index (χ1) is 6.18. The maximum Gasteiger partial charge on any atom is 0.0464 e. The van der Waals surface area contributed by atoms with Crippen LogP contribution in [-0.4, -0.2) is 6.54 Å². The predicted molar refractivity (Wildman–Crippen MR) is 56.3 cm³/mol. The third-order valence-corrected chi connectivity index (χ3v) is 3.28. The van der Waals surface area contributed by atoms with Crippen molar-refractivity contribution < 1.29 is 0 Å². The lowest BCUT2D eigenvalue weighted by Crippen LogP contribution is -2.34. The van der Waals surface area contributed by atoms with Crippen LogP contribution in [0.15, 0.2) is 12.1 Å². The number of hydrogen-bond donors (Lipinski definition) is 1. The Morgan fingerprint density at radius 2 is 1.85 bits per heavy atom. The third kappa shape index (κ3) is 1.59. The lowest BCUT2D eigenvalue weighted by atomic mass is 9.95. The molecule has 1 saturated heterocycles. The topological polar surface area (TPSA) is 12.0 Å². The molecule has 1 aliphatic heterocycles. The lowest BCUT2D eigenvalue weighted by molar-refractivity contribution is 0.383. The van der Waals surface area contributed by atoms with Crippen LogP contribution in [0.1, 0.15) is 29.2 Å². The summed E-state index contributed by atoms with van der Waals surface area (Å²) in [5, 5.41) is 4.30. The summed E-state index contributed by atoms with van der Waals surface area (Å²) in [5.41, 5.74) is 3.75. The van der Waals surface area contributed by atoms with Gasteiger partial charge >= 0.3 is 0 Å². The van der Waals surface area contributed by atoms with Crippen molar-refractivity contribution >= 4 is 11.6 Å². The molecule has 1 aliphatic rings. The Hall–Kier alpha value is -0.530. The molecule has 70 valence electrons. The van der Waals surface area contributed by atoms with E-state index in [-0.39, 0.29) is 0 Å². The summed E-state index contributed by atoms with van der Waals surface area (Å²) in [5.74, 6) is 0. The Labute approximate surface area is 84.1 Å². The first-order valence-corrected chi connectivity index (χ1v) is 5.06. The van der Waals surface area contributed by atoms with E-state index in [4.69, 9.17) is 11.6 Å². The highest BCUT2D eigenvalue weighted by Gasteiger charge is 2.19. The second-order valence-electron chi connectivity index (χ2n) is 3.76. The second kappa shape index (κ2) is 3.32. The van der Waals surface area contributed by atoms with E-state index in [1.165, 1.54) is 23.1 Å². The number of rotatable bonds is 1. The summed E-state index contributed by atoms with van der Waals surface area (Å²) in [6, 6.07) is 4.94. The number of benzene rings is 1. The zero-order valence-electron chi connectivity index (χ0n) is 8.02. The highest BCUT2D eigenvalue weighted by atomic mass is 35.5. The molecule has 1 N–H and O–H groups in total. The van der Waals surface area contributed by atoms with Gasteiger partial charge in [0.1, 0.15) is 0 Å². The molecule has 1 nitrogen and oxygen atoms in total. The van der Waals surface area contributed by atoms with Gasteiger partial charge in [-0.1, -0.05) is 23.7 Å². The van der Waals surface area contributed by atoms with Crippen molar-refractivity contribution in [3.05, 3.63) is 33.8 Å². The minimum absolute atomic E-state index is 0.565. The van der Waals surface area contributed by atoms with E-state index < -0.39 is 0 Å². The first-order valence-electron chi connectivity index (χ1n) is 4.68. The molecule has 1 aromatic carbocycles. The fourth-order valence-corrected chi connectivity index (χ4v) is 1.86. The van der Waals surface area contributed by atoms with E-state index in [1.54, 1.807) is 0 Å². The molecule has 1 fully saturated rings. The summed E-state index contributed by atoms with van der Waals surface area (Å²) in [7, 11) is 0. The van der Waals surface area contributed by atoms with Crippen LogP contribution in [-0.2, 0) is 0 Å². The van der Waals surface area contributed by atoms with E-state index in [0.717, 1.165) is 11.6 Å². The molecule has 1 atom stereocenters. The molecule has 2 heteroatoms. The Morgan fingerprint density at radius 3 is 2.23 bits per heavy atom. The molecular weight excluding hydrogens is 182 g/mol. The van der Waals surface area contributed by atoms with Crippen molar-refractivity contribution in [1.29, 1.82) is 0 Å². The summed E-state index contributed by atoms with van der Waals surface area (Å²) < 4.78 is 0. The third-order valence-electron chi connectivity index (χ3n) is 2.68. The minimum Gasteiger partial charge on any atom is -0.310 e. The Morgan fingerprint density at radius 1 is 1.31 bits per heavy atom. The Kier molecular flexibility index (Phi) is 2.31. The Balaban J connectivity index is 2.37. The standard InChI is InChI=1S/C11H14ClN/c1-7-5-9(10-3-4-13-10)6-8(2)11(7)12/h5-6,10,13H,3-4H2,1-2H3/t10-/m1/s1. The van der Waals surface area contributed by atoms with Gasteiger partial charge in [0.25, 0.3) is 0 Å². The smallest absolute Gasteiger partial charge is 0.0464 e. The molecule has 1 heterocycles. The molecule has 0 saturated carbocycles. The van der Waals surface area contributed by atoms with Gasteiger partial charge in [-0.2, -0.15) is 0 Å². The van der Waals surface area contributed by atoms with E-state index in [9.17, 15) is 0 Å². The molecule has 0 aliphatic carbocycles. The van der Waals surface area contributed by atoms with Crippen LogP contribution < -0.4 is 5.32 Å². The van der Waals surface area contributed by atoms with E-state index >= 15 is 0 Å². The van der Waals surface area contributed by atoms with Gasteiger partial charge in [0.2, 0.25) is 0 Å². The lowest BCUT2D eigenvalue weighted by Gasteiger charge is -2.28. The number of nitrogens with one attached hydrogen (secondary N) is 1. The first kappa shape index (κ1) is 9.04. The number of halogens is 1. The van der Waals surface area contributed by atoms with Crippen molar-refractivity contribution in [2.75, 3.05) is 6.54 Å². The second-order valence-corrected chi connectivity index (χ2v) is 4.14. The molecule has 13 heavy (non-hydrogen) atoms. The van der Waals surface area contributed by atoms with Crippen molar-refractivity contribution in [3.8, 4) is 0 Å². The minimum atomic E-state index is 0.565. The maximum atomic E-state index is 6.10. The maximum absolute atomic E-state index is 6.10. The highest BCUT2D eigenvalue weighted by molar-refractivity contribution is 6.32. The highest BCUT2D eigenvalue weighted by Crippen LogP contribution is 2.28. The fourth-order valence-electron chi connectivity index (χ4n) is 1.75. The zero-order valence-corrected chi connectivity index (χ0v) is 8.78.